The molecule has 0 bridgehead atoms. The molecular formula is C10H17ClN2O3S. The molecule has 0 aromatic heterocycles. The number of benzene rings is 1. The molecule has 0 radical (unpaired) electrons. The van der Waals surface area contributed by atoms with Crippen LogP contribution in [0.15, 0.2) is 18.2 Å². The van der Waals surface area contributed by atoms with Gasteiger partial charge in [-0.1, -0.05) is 6.07 Å². The quantitative estimate of drug-likeness (QED) is 0.843. The predicted octanol–water partition coefficient (Wildman–Crippen LogP) is 0.990. The molecule has 0 spiro atoms. The summed E-state index contributed by atoms with van der Waals surface area (Å²) in [6.45, 7) is 0.518. The van der Waals surface area contributed by atoms with Crippen LogP contribution in [0.2, 0.25) is 0 Å². The first-order chi connectivity index (χ1) is 7.46. The fourth-order valence-corrected chi connectivity index (χ4v) is 1.92. The van der Waals surface area contributed by atoms with Crippen molar-refractivity contribution in [3.63, 3.8) is 0 Å². The van der Waals surface area contributed by atoms with Crippen LogP contribution in [-0.2, 0) is 16.4 Å². The Labute approximate surface area is 108 Å². The molecule has 7 heteroatoms. The molecule has 0 aliphatic carbocycles. The van der Waals surface area contributed by atoms with Gasteiger partial charge >= 0.3 is 0 Å². The minimum absolute atomic E-state index is 0. The Morgan fingerprint density at radius 2 is 2.06 bits per heavy atom. The van der Waals surface area contributed by atoms with Gasteiger partial charge in [0.25, 0.3) is 0 Å². The first kappa shape index (κ1) is 16.0. The Hall–Kier alpha value is -0.980. The van der Waals surface area contributed by atoms with Crippen LogP contribution in [0.3, 0.4) is 0 Å². The normalized spacial score (nSPS) is 10.5. The van der Waals surface area contributed by atoms with Crippen LogP contribution in [0.1, 0.15) is 5.56 Å². The van der Waals surface area contributed by atoms with Crippen LogP contribution >= 0.6 is 12.4 Å². The Morgan fingerprint density at radius 3 is 2.53 bits per heavy atom. The van der Waals surface area contributed by atoms with Crippen molar-refractivity contribution in [2.75, 3.05) is 24.6 Å². The van der Waals surface area contributed by atoms with E-state index >= 15 is 0 Å². The van der Waals surface area contributed by atoms with Gasteiger partial charge < -0.3 is 10.5 Å². The number of rotatable bonds is 5. The van der Waals surface area contributed by atoms with Crippen molar-refractivity contribution in [1.29, 1.82) is 0 Å². The molecule has 0 amide bonds. The summed E-state index contributed by atoms with van der Waals surface area (Å²) >= 11 is 0. The fourth-order valence-electron chi connectivity index (χ4n) is 1.36. The maximum atomic E-state index is 11.1. The van der Waals surface area contributed by atoms with Crippen LogP contribution in [0.25, 0.3) is 0 Å². The molecule has 3 N–H and O–H groups in total. The number of nitrogens with one attached hydrogen (secondary N) is 1. The van der Waals surface area contributed by atoms with E-state index in [4.69, 9.17) is 10.5 Å². The van der Waals surface area contributed by atoms with Gasteiger partial charge in [-0.15, -0.1) is 12.4 Å². The standard InChI is InChI=1S/C10H16N2O3S.ClH/c1-15-10-4-3-8(5-6-11)7-9(10)12-16(2,13)14;/h3-4,7,12H,5-6,11H2,1-2H3;1H. The van der Waals surface area contributed by atoms with Crippen molar-refractivity contribution in [1.82, 2.24) is 0 Å². The molecule has 1 rings (SSSR count). The third-order valence-electron chi connectivity index (χ3n) is 1.99. The van der Waals surface area contributed by atoms with E-state index < -0.39 is 10.0 Å². The van der Waals surface area contributed by atoms with Crippen LogP contribution in [0, 0.1) is 0 Å². The minimum Gasteiger partial charge on any atom is -0.495 e. The molecule has 1 aromatic carbocycles. The lowest BCUT2D eigenvalue weighted by Gasteiger charge is -2.11. The largest absolute Gasteiger partial charge is 0.495 e. The third kappa shape index (κ3) is 5.25. The molecule has 17 heavy (non-hydrogen) atoms. The molecule has 0 unspecified atom stereocenters. The fraction of sp³-hybridized carbons (Fsp3) is 0.400. The maximum Gasteiger partial charge on any atom is 0.229 e. The molecule has 0 fully saturated rings. The Bertz CT molecular complexity index is 463. The Balaban J connectivity index is 0.00000256. The van der Waals surface area contributed by atoms with Gasteiger partial charge in [-0.05, 0) is 30.7 Å². The summed E-state index contributed by atoms with van der Waals surface area (Å²) in [6, 6.07) is 5.31. The van der Waals surface area contributed by atoms with E-state index in [1.54, 1.807) is 12.1 Å². The molecule has 0 aliphatic rings. The van der Waals surface area contributed by atoms with E-state index in [-0.39, 0.29) is 12.4 Å². The van der Waals surface area contributed by atoms with Crippen molar-refractivity contribution in [2.45, 2.75) is 6.42 Å². The number of methoxy groups -OCH3 is 1. The Morgan fingerprint density at radius 1 is 1.41 bits per heavy atom. The smallest absolute Gasteiger partial charge is 0.229 e. The number of anilines is 1. The predicted molar refractivity (Wildman–Crippen MR) is 71.5 cm³/mol. The van der Waals surface area contributed by atoms with E-state index in [2.05, 4.69) is 4.72 Å². The van der Waals surface area contributed by atoms with Crippen molar-refractivity contribution in [2.24, 2.45) is 5.73 Å². The first-order valence-electron chi connectivity index (χ1n) is 4.81. The molecule has 5 nitrogen and oxygen atoms in total. The van der Waals surface area contributed by atoms with Gasteiger partial charge in [0.15, 0.2) is 0 Å². The maximum absolute atomic E-state index is 11.1. The first-order valence-corrected chi connectivity index (χ1v) is 6.70. The van der Waals surface area contributed by atoms with E-state index in [9.17, 15) is 8.42 Å². The summed E-state index contributed by atoms with van der Waals surface area (Å²) in [7, 11) is -1.81. The molecule has 0 saturated carbocycles. The third-order valence-corrected chi connectivity index (χ3v) is 2.58. The minimum atomic E-state index is -3.30. The van der Waals surface area contributed by atoms with Crippen LogP contribution < -0.4 is 15.2 Å². The molecule has 0 atom stereocenters. The lowest BCUT2D eigenvalue weighted by molar-refractivity contribution is 0.416. The van der Waals surface area contributed by atoms with Gasteiger partial charge in [-0.2, -0.15) is 0 Å². The highest BCUT2D eigenvalue weighted by Crippen LogP contribution is 2.26. The molecule has 1 aromatic rings. The van der Waals surface area contributed by atoms with Crippen LogP contribution in [0.4, 0.5) is 5.69 Å². The van der Waals surface area contributed by atoms with Gasteiger partial charge in [0.05, 0.1) is 19.1 Å². The average Bonchev–Trinajstić information content (AvgIpc) is 2.16. The number of nitrogens with two attached hydrogens (primary N) is 1. The van der Waals surface area contributed by atoms with Crippen molar-refractivity contribution < 1.29 is 13.2 Å². The summed E-state index contributed by atoms with van der Waals surface area (Å²) in [5.74, 6) is 0.492. The van der Waals surface area contributed by atoms with Gasteiger partial charge in [-0.25, -0.2) is 8.42 Å². The van der Waals surface area contributed by atoms with E-state index in [0.717, 1.165) is 11.8 Å². The summed E-state index contributed by atoms with van der Waals surface area (Å²) < 4.78 is 29.8. The summed E-state index contributed by atoms with van der Waals surface area (Å²) in [6.07, 6.45) is 1.80. The van der Waals surface area contributed by atoms with Gasteiger partial charge in [0.2, 0.25) is 10.0 Å². The monoisotopic (exact) mass is 280 g/mol. The lowest BCUT2D eigenvalue weighted by atomic mass is 10.1. The molecule has 0 aliphatic heterocycles. The van der Waals surface area contributed by atoms with E-state index in [1.165, 1.54) is 7.11 Å². The highest BCUT2D eigenvalue weighted by molar-refractivity contribution is 7.92. The summed E-state index contributed by atoms with van der Waals surface area (Å²) in [4.78, 5) is 0. The zero-order valence-corrected chi connectivity index (χ0v) is 11.4. The molecule has 0 saturated heterocycles. The Kier molecular flexibility index (Phi) is 6.30. The SMILES string of the molecule is COc1ccc(CCN)cc1NS(C)(=O)=O.Cl. The van der Waals surface area contributed by atoms with Crippen LogP contribution in [0.5, 0.6) is 5.75 Å². The number of hydrogen-bond acceptors (Lipinski definition) is 4. The van der Waals surface area contributed by atoms with Gasteiger partial charge in [0.1, 0.15) is 5.75 Å². The summed E-state index contributed by atoms with van der Waals surface area (Å²) in [5, 5.41) is 0. The van der Waals surface area contributed by atoms with E-state index in [1.807, 2.05) is 6.07 Å². The molecule has 98 valence electrons. The second kappa shape index (κ2) is 6.68. The van der Waals surface area contributed by atoms with E-state index in [0.29, 0.717) is 24.4 Å². The second-order valence-corrected chi connectivity index (χ2v) is 5.20. The zero-order valence-electron chi connectivity index (χ0n) is 9.76. The lowest BCUT2D eigenvalue weighted by Crippen LogP contribution is -2.11. The highest BCUT2D eigenvalue weighted by Gasteiger charge is 2.08. The van der Waals surface area contributed by atoms with Crippen LogP contribution in [-0.4, -0.2) is 28.3 Å². The molecule has 0 heterocycles. The van der Waals surface area contributed by atoms with Crippen molar-refractivity contribution in [3.8, 4) is 5.75 Å². The highest BCUT2D eigenvalue weighted by atomic mass is 35.5. The number of hydrogen-bond donors (Lipinski definition) is 2. The summed E-state index contributed by atoms with van der Waals surface area (Å²) in [5.41, 5.74) is 6.85. The second-order valence-electron chi connectivity index (χ2n) is 3.45. The number of ether oxygens (including phenoxy) is 1. The zero-order chi connectivity index (χ0) is 12.2. The van der Waals surface area contributed by atoms with Gasteiger partial charge in [-0.3, -0.25) is 4.72 Å². The van der Waals surface area contributed by atoms with Crippen molar-refractivity contribution in [3.05, 3.63) is 23.8 Å². The average molecular weight is 281 g/mol. The topological polar surface area (TPSA) is 81.4 Å². The number of sulfonamides is 1. The van der Waals surface area contributed by atoms with Crippen molar-refractivity contribution >= 4 is 28.1 Å². The molecular weight excluding hydrogens is 264 g/mol. The van der Waals surface area contributed by atoms with Gasteiger partial charge in [0, 0.05) is 0 Å². The number of halogens is 1.